The first kappa shape index (κ1) is 14.8. The second-order valence-corrected chi connectivity index (χ2v) is 6.46. The van der Waals surface area contributed by atoms with Crippen molar-refractivity contribution in [2.45, 2.75) is 13.0 Å². The second kappa shape index (κ2) is 6.32. The minimum atomic E-state index is 0.0797. The Kier molecular flexibility index (Phi) is 4.24. The van der Waals surface area contributed by atoms with Gasteiger partial charge in [-0.1, -0.05) is 35.6 Å². The van der Waals surface area contributed by atoms with Crippen molar-refractivity contribution < 1.29 is 0 Å². The van der Waals surface area contributed by atoms with Crippen LogP contribution in [0.25, 0.3) is 12.2 Å². The SMILES string of the molecule is CN(C)c1ccc(/C=C\C=c2sc3n(c2=O)CCCN=3)cc1. The predicted octanol–water partition coefficient (Wildman–Crippen LogP) is 1.49. The normalized spacial score (nSPS) is 14.9. The van der Waals surface area contributed by atoms with Crippen LogP contribution >= 0.6 is 11.3 Å². The van der Waals surface area contributed by atoms with Crippen molar-refractivity contribution >= 4 is 29.2 Å². The van der Waals surface area contributed by atoms with Crippen molar-refractivity contribution in [3.05, 3.63) is 55.6 Å². The molecule has 1 aliphatic heterocycles. The Bertz CT molecular complexity index is 857. The van der Waals surface area contributed by atoms with Crippen LogP contribution < -0.4 is 19.8 Å². The summed E-state index contributed by atoms with van der Waals surface area (Å²) in [5.74, 6) is 0. The number of rotatable bonds is 3. The van der Waals surface area contributed by atoms with E-state index < -0.39 is 0 Å². The summed E-state index contributed by atoms with van der Waals surface area (Å²) in [6.45, 7) is 1.62. The Hall–Kier alpha value is -2.14. The first-order valence-corrected chi connectivity index (χ1v) is 8.17. The van der Waals surface area contributed by atoms with Gasteiger partial charge in [-0.05, 0) is 30.2 Å². The Morgan fingerprint density at radius 1 is 1.27 bits per heavy atom. The molecule has 5 heteroatoms. The molecule has 0 saturated carbocycles. The van der Waals surface area contributed by atoms with Crippen molar-refractivity contribution in [1.82, 2.24) is 4.57 Å². The van der Waals surface area contributed by atoms with Crippen molar-refractivity contribution in [2.24, 2.45) is 4.99 Å². The Labute approximate surface area is 133 Å². The molecule has 0 unspecified atom stereocenters. The zero-order valence-electron chi connectivity index (χ0n) is 12.8. The molecule has 22 heavy (non-hydrogen) atoms. The molecule has 1 aliphatic rings. The van der Waals surface area contributed by atoms with Gasteiger partial charge in [0.25, 0.3) is 5.56 Å². The van der Waals surface area contributed by atoms with E-state index in [4.69, 9.17) is 0 Å². The maximum Gasteiger partial charge on any atom is 0.270 e. The maximum absolute atomic E-state index is 12.2. The molecule has 0 spiro atoms. The van der Waals surface area contributed by atoms with Crippen LogP contribution in [0, 0.1) is 0 Å². The molecule has 0 saturated heterocycles. The quantitative estimate of drug-likeness (QED) is 0.861. The number of fused-ring (bicyclic) bond motifs is 1. The molecule has 4 nitrogen and oxygen atoms in total. The summed E-state index contributed by atoms with van der Waals surface area (Å²) in [6.07, 6.45) is 6.79. The topological polar surface area (TPSA) is 37.6 Å². The van der Waals surface area contributed by atoms with Crippen LogP contribution in [0.15, 0.2) is 40.1 Å². The molecule has 0 bridgehead atoms. The van der Waals surface area contributed by atoms with Gasteiger partial charge in [-0.3, -0.25) is 14.4 Å². The van der Waals surface area contributed by atoms with Crippen molar-refractivity contribution in [3.63, 3.8) is 0 Å². The molecule has 0 radical (unpaired) electrons. The van der Waals surface area contributed by atoms with E-state index in [0.717, 1.165) is 34.4 Å². The number of hydrogen-bond donors (Lipinski definition) is 0. The van der Waals surface area contributed by atoms with Gasteiger partial charge in [0.2, 0.25) is 0 Å². The number of hydrogen-bond acceptors (Lipinski definition) is 4. The van der Waals surface area contributed by atoms with Crippen LogP contribution in [0.1, 0.15) is 12.0 Å². The van der Waals surface area contributed by atoms with Gasteiger partial charge < -0.3 is 4.90 Å². The van der Waals surface area contributed by atoms with E-state index in [2.05, 4.69) is 34.2 Å². The number of aromatic nitrogens is 1. The van der Waals surface area contributed by atoms with Crippen LogP contribution in [0.5, 0.6) is 0 Å². The zero-order valence-corrected chi connectivity index (χ0v) is 13.6. The highest BCUT2D eigenvalue weighted by molar-refractivity contribution is 7.07. The smallest absolute Gasteiger partial charge is 0.270 e. The molecule has 0 aliphatic carbocycles. The fourth-order valence-electron chi connectivity index (χ4n) is 2.37. The highest BCUT2D eigenvalue weighted by Crippen LogP contribution is 2.13. The standard InChI is InChI=1S/C17H19N3OS/c1-19(2)14-9-7-13(8-10-14)5-3-6-15-16(21)20-12-4-11-18-17(20)22-15/h3,5-10H,4,11-12H2,1-2H3/b5-3-,15-6?. The lowest BCUT2D eigenvalue weighted by Gasteiger charge is -2.11. The van der Waals surface area contributed by atoms with Gasteiger partial charge in [-0.25, -0.2) is 0 Å². The summed E-state index contributed by atoms with van der Waals surface area (Å²) in [5, 5.41) is 0. The lowest BCUT2D eigenvalue weighted by molar-refractivity contribution is 0.573. The molecule has 0 fully saturated rings. The van der Waals surface area contributed by atoms with Crippen molar-refractivity contribution in [2.75, 3.05) is 25.5 Å². The number of thiazole rings is 1. The number of allylic oxidation sites excluding steroid dienone is 1. The molecule has 1 aromatic heterocycles. The molecule has 3 rings (SSSR count). The maximum atomic E-state index is 12.2. The van der Waals surface area contributed by atoms with Gasteiger partial charge >= 0.3 is 0 Å². The van der Waals surface area contributed by atoms with Crippen LogP contribution in [-0.2, 0) is 6.54 Å². The largest absolute Gasteiger partial charge is 0.378 e. The molecule has 0 atom stereocenters. The number of anilines is 1. The Balaban J connectivity index is 1.85. The third-order valence-corrected chi connectivity index (χ3v) is 4.68. The average molecular weight is 313 g/mol. The molecule has 114 valence electrons. The summed E-state index contributed by atoms with van der Waals surface area (Å²) in [5.41, 5.74) is 2.37. The predicted molar refractivity (Wildman–Crippen MR) is 93.1 cm³/mol. The van der Waals surface area contributed by atoms with E-state index in [9.17, 15) is 4.79 Å². The monoisotopic (exact) mass is 313 g/mol. The highest BCUT2D eigenvalue weighted by atomic mass is 32.1. The molecular formula is C17H19N3OS. The minimum absolute atomic E-state index is 0.0797. The highest BCUT2D eigenvalue weighted by Gasteiger charge is 2.07. The number of benzene rings is 1. The van der Waals surface area contributed by atoms with Crippen LogP contribution in [0.3, 0.4) is 0 Å². The lowest BCUT2D eigenvalue weighted by atomic mass is 10.2. The summed E-state index contributed by atoms with van der Waals surface area (Å²) < 4.78 is 2.53. The van der Waals surface area contributed by atoms with Crippen LogP contribution in [0.4, 0.5) is 5.69 Å². The minimum Gasteiger partial charge on any atom is -0.378 e. The van der Waals surface area contributed by atoms with Gasteiger partial charge in [-0.15, -0.1) is 0 Å². The van der Waals surface area contributed by atoms with Crippen LogP contribution in [0.2, 0.25) is 0 Å². The third-order valence-electron chi connectivity index (χ3n) is 3.62. The van der Waals surface area contributed by atoms with E-state index in [1.807, 2.05) is 32.3 Å². The summed E-state index contributed by atoms with van der Waals surface area (Å²) >= 11 is 1.47. The number of nitrogens with zero attached hydrogens (tertiary/aromatic N) is 3. The summed E-state index contributed by atoms with van der Waals surface area (Å²) in [7, 11) is 4.05. The Morgan fingerprint density at radius 3 is 2.73 bits per heavy atom. The second-order valence-electron chi connectivity index (χ2n) is 5.45. The lowest BCUT2D eigenvalue weighted by Crippen LogP contribution is -2.33. The van der Waals surface area contributed by atoms with Crippen LogP contribution in [-0.4, -0.2) is 25.2 Å². The molecule has 0 amide bonds. The van der Waals surface area contributed by atoms with Gasteiger partial charge in [0.1, 0.15) is 0 Å². The molecular weight excluding hydrogens is 294 g/mol. The van der Waals surface area contributed by atoms with Gasteiger partial charge in [0.05, 0.1) is 4.53 Å². The summed E-state index contributed by atoms with van der Waals surface area (Å²) in [4.78, 5) is 19.5. The molecule has 2 heterocycles. The van der Waals surface area contributed by atoms with E-state index in [1.165, 1.54) is 17.0 Å². The van der Waals surface area contributed by atoms with Gasteiger partial charge in [0, 0.05) is 32.9 Å². The van der Waals surface area contributed by atoms with Gasteiger partial charge in [0.15, 0.2) is 4.80 Å². The van der Waals surface area contributed by atoms with E-state index in [-0.39, 0.29) is 5.56 Å². The summed E-state index contributed by atoms with van der Waals surface area (Å²) in [6, 6.07) is 8.30. The third kappa shape index (κ3) is 3.04. The Morgan fingerprint density at radius 2 is 2.05 bits per heavy atom. The van der Waals surface area contributed by atoms with Crippen molar-refractivity contribution in [1.29, 1.82) is 0 Å². The first-order valence-electron chi connectivity index (χ1n) is 7.35. The molecule has 2 aromatic rings. The average Bonchev–Trinajstić information content (AvgIpc) is 2.85. The molecule has 0 N–H and O–H groups in total. The van der Waals surface area contributed by atoms with E-state index in [0.29, 0.717) is 0 Å². The van der Waals surface area contributed by atoms with Gasteiger partial charge in [-0.2, -0.15) is 0 Å². The fourth-order valence-corrected chi connectivity index (χ4v) is 3.35. The van der Waals surface area contributed by atoms with E-state index >= 15 is 0 Å². The van der Waals surface area contributed by atoms with E-state index in [1.54, 1.807) is 4.57 Å². The van der Waals surface area contributed by atoms with Crippen molar-refractivity contribution in [3.8, 4) is 0 Å². The first-order chi connectivity index (χ1) is 10.6. The fraction of sp³-hybridized carbons (Fsp3) is 0.294. The zero-order chi connectivity index (χ0) is 15.5. The molecule has 1 aromatic carbocycles.